The van der Waals surface area contributed by atoms with Crippen molar-refractivity contribution in [1.82, 2.24) is 19.5 Å². The quantitative estimate of drug-likeness (QED) is 0.260. The van der Waals surface area contributed by atoms with Gasteiger partial charge in [0, 0.05) is 12.7 Å². The van der Waals surface area contributed by atoms with Crippen molar-refractivity contribution in [1.29, 1.82) is 0 Å². The van der Waals surface area contributed by atoms with Gasteiger partial charge in [-0.2, -0.15) is 9.97 Å². The van der Waals surface area contributed by atoms with Crippen molar-refractivity contribution in [3.63, 3.8) is 0 Å². The highest BCUT2D eigenvalue weighted by atomic mass is 35.5. The van der Waals surface area contributed by atoms with E-state index >= 15 is 0 Å². The second-order valence-electron chi connectivity index (χ2n) is 8.30. The number of hydrogen-bond acceptors (Lipinski definition) is 10. The van der Waals surface area contributed by atoms with Gasteiger partial charge in [0.15, 0.2) is 21.3 Å². The summed E-state index contributed by atoms with van der Waals surface area (Å²) >= 11 is 5.90. The molecule has 3 aromatic rings. The molecule has 1 aromatic carbocycles. The molecule has 1 aliphatic rings. The van der Waals surface area contributed by atoms with E-state index in [9.17, 15) is 28.2 Å². The molecule has 15 heteroatoms. The Morgan fingerprint density at radius 2 is 1.94 bits per heavy atom. The third-order valence-corrected chi connectivity index (χ3v) is 7.20. The van der Waals surface area contributed by atoms with Gasteiger partial charge in [-0.25, -0.2) is 23.0 Å². The van der Waals surface area contributed by atoms with Crippen molar-refractivity contribution in [2.24, 2.45) is 0 Å². The van der Waals surface area contributed by atoms with E-state index in [1.807, 2.05) is 0 Å². The minimum Gasteiger partial charge on any atom is -0.479 e. The minimum absolute atomic E-state index is 0.00838. The molecule has 36 heavy (non-hydrogen) atoms. The summed E-state index contributed by atoms with van der Waals surface area (Å²) in [6.07, 6.45) is 1.35. The molecule has 0 unspecified atom stereocenters. The summed E-state index contributed by atoms with van der Waals surface area (Å²) in [4.78, 5) is 36.3. The molecule has 0 spiro atoms. The maximum absolute atomic E-state index is 12.1. The van der Waals surface area contributed by atoms with Crippen LogP contribution >= 0.6 is 11.6 Å². The van der Waals surface area contributed by atoms with Crippen LogP contribution in [0.1, 0.15) is 24.6 Å². The van der Waals surface area contributed by atoms with Crippen LogP contribution < -0.4 is 5.73 Å². The van der Waals surface area contributed by atoms with Gasteiger partial charge in [-0.1, -0.05) is 18.2 Å². The number of hydrogen-bond donors (Lipinski definition) is 3. The van der Waals surface area contributed by atoms with E-state index in [1.54, 1.807) is 4.57 Å². The Morgan fingerprint density at radius 3 is 2.61 bits per heavy atom. The smallest absolute Gasteiger partial charge is 0.348 e. The number of ether oxygens (including phenoxy) is 2. The number of nitrogens with two attached hydrogens (primary N) is 1. The molecule has 4 N–H and O–H groups in total. The predicted molar refractivity (Wildman–Crippen MR) is 125 cm³/mol. The first kappa shape index (κ1) is 25.8. The molecule has 2 atom stereocenters. The number of fused-ring (bicyclic) bond motifs is 1. The van der Waals surface area contributed by atoms with Gasteiger partial charge in [0.25, 0.3) is 5.60 Å². The Morgan fingerprint density at radius 1 is 1.25 bits per heavy atom. The molecular weight excluding hydrogens is 518 g/mol. The second kappa shape index (κ2) is 9.61. The molecule has 192 valence electrons. The summed E-state index contributed by atoms with van der Waals surface area (Å²) in [7, 11) is -3.75. The van der Waals surface area contributed by atoms with Crippen LogP contribution in [0.25, 0.3) is 11.2 Å². The number of aliphatic carboxylic acids is 2. The zero-order valence-corrected chi connectivity index (χ0v) is 20.4. The van der Waals surface area contributed by atoms with Gasteiger partial charge >= 0.3 is 11.9 Å². The predicted octanol–water partition coefficient (Wildman–Crippen LogP) is 1.31. The van der Waals surface area contributed by atoms with E-state index in [0.29, 0.717) is 24.0 Å². The maximum atomic E-state index is 12.1. The summed E-state index contributed by atoms with van der Waals surface area (Å²) in [6.45, 7) is -0.374. The van der Waals surface area contributed by atoms with Gasteiger partial charge in [0.05, 0.1) is 23.9 Å². The highest BCUT2D eigenvalue weighted by Crippen LogP contribution is 2.33. The zero-order valence-electron chi connectivity index (χ0n) is 18.9. The summed E-state index contributed by atoms with van der Waals surface area (Å²) in [5.41, 5.74) is 3.78. The van der Waals surface area contributed by atoms with Crippen LogP contribution in [0.5, 0.6) is 0 Å². The lowest BCUT2D eigenvalue weighted by molar-refractivity contribution is -0.188. The van der Waals surface area contributed by atoms with Crippen LogP contribution in [0, 0.1) is 0 Å². The third-order valence-electron chi connectivity index (χ3n) is 5.83. The number of sulfone groups is 1. The number of benzene rings is 1. The Bertz CT molecular complexity index is 1430. The lowest BCUT2D eigenvalue weighted by Gasteiger charge is -2.27. The van der Waals surface area contributed by atoms with Crippen LogP contribution in [0.3, 0.4) is 0 Å². The Balaban J connectivity index is 1.54. The van der Waals surface area contributed by atoms with Gasteiger partial charge in [0.1, 0.15) is 11.7 Å². The van der Waals surface area contributed by atoms with E-state index in [0.717, 1.165) is 6.26 Å². The standard InChI is InChI=1S/C21H22ClN5O8S/c1-36(32,33)13-5-3-2-4-11(13)8-21(18(28)29,19(30)31)34-9-12-6-7-14(35-12)27-10-24-15-16(23)25-20(22)26-17(15)27/h2-5,10,12,14H,6-9H2,1H3,(H,28,29)(H,30,31)(H2,23,25,26)/t12-,14+/m0/s1. The van der Waals surface area contributed by atoms with Crippen molar-refractivity contribution in [2.75, 3.05) is 18.6 Å². The maximum Gasteiger partial charge on any atom is 0.348 e. The van der Waals surface area contributed by atoms with E-state index < -0.39 is 46.1 Å². The van der Waals surface area contributed by atoms with Gasteiger partial charge in [-0.05, 0) is 36.1 Å². The highest BCUT2D eigenvalue weighted by molar-refractivity contribution is 7.90. The lowest BCUT2D eigenvalue weighted by atomic mass is 9.94. The fraction of sp³-hybridized carbons (Fsp3) is 0.381. The van der Waals surface area contributed by atoms with Crippen LogP contribution in [0.4, 0.5) is 5.82 Å². The number of imidazole rings is 1. The molecule has 1 fully saturated rings. The number of anilines is 1. The number of carboxylic acid groups (broad SMARTS) is 2. The van der Waals surface area contributed by atoms with Crippen molar-refractivity contribution in [2.45, 2.75) is 42.1 Å². The van der Waals surface area contributed by atoms with Gasteiger partial charge in [-0.3, -0.25) is 4.57 Å². The summed E-state index contributed by atoms with van der Waals surface area (Å²) in [5.74, 6) is -3.44. The monoisotopic (exact) mass is 539 g/mol. The molecule has 4 rings (SSSR count). The van der Waals surface area contributed by atoms with Crippen molar-refractivity contribution >= 4 is 50.4 Å². The zero-order chi connectivity index (χ0) is 26.3. The first-order valence-corrected chi connectivity index (χ1v) is 12.9. The SMILES string of the molecule is CS(=O)(=O)c1ccccc1CC(OC[C@@H]1CC[C@H](n2cnc3c(N)nc(Cl)nc32)O1)(C(=O)O)C(=O)O. The van der Waals surface area contributed by atoms with Crippen LogP contribution in [-0.2, 0) is 35.3 Å². The average molecular weight is 540 g/mol. The molecule has 2 aromatic heterocycles. The first-order chi connectivity index (χ1) is 16.9. The number of aromatic nitrogens is 4. The molecule has 3 heterocycles. The number of halogens is 1. The van der Waals surface area contributed by atoms with E-state index in [4.69, 9.17) is 26.8 Å². The fourth-order valence-electron chi connectivity index (χ4n) is 4.07. The molecule has 0 aliphatic carbocycles. The molecule has 1 aliphatic heterocycles. The van der Waals surface area contributed by atoms with E-state index in [2.05, 4.69) is 15.0 Å². The summed E-state index contributed by atoms with van der Waals surface area (Å²) < 4.78 is 37.3. The van der Waals surface area contributed by atoms with Crippen LogP contribution in [0.2, 0.25) is 5.28 Å². The van der Waals surface area contributed by atoms with E-state index in [-0.39, 0.29) is 28.2 Å². The number of rotatable bonds is 9. The van der Waals surface area contributed by atoms with Crippen molar-refractivity contribution in [3.05, 3.63) is 41.4 Å². The Labute approximate surface area is 209 Å². The van der Waals surface area contributed by atoms with Gasteiger partial charge in [0.2, 0.25) is 5.28 Å². The molecule has 13 nitrogen and oxygen atoms in total. The normalized spacial score (nSPS) is 18.5. The van der Waals surface area contributed by atoms with Gasteiger partial charge < -0.3 is 25.4 Å². The van der Waals surface area contributed by atoms with Crippen LogP contribution in [-0.4, -0.2) is 74.7 Å². The van der Waals surface area contributed by atoms with Crippen molar-refractivity contribution in [3.8, 4) is 0 Å². The molecule has 0 saturated carbocycles. The largest absolute Gasteiger partial charge is 0.479 e. The number of nitrogens with zero attached hydrogens (tertiary/aromatic N) is 4. The molecule has 0 bridgehead atoms. The van der Waals surface area contributed by atoms with Crippen LogP contribution in [0.15, 0.2) is 35.5 Å². The third kappa shape index (κ3) is 4.84. The number of carboxylic acids is 2. The topological polar surface area (TPSA) is 197 Å². The van der Waals surface area contributed by atoms with Crippen molar-refractivity contribution < 1.29 is 37.7 Å². The fourth-order valence-corrected chi connectivity index (χ4v) is 5.18. The molecular formula is C21H22ClN5O8S. The number of carbonyl (C=O) groups is 2. The second-order valence-corrected chi connectivity index (χ2v) is 10.6. The average Bonchev–Trinajstić information content (AvgIpc) is 3.42. The summed E-state index contributed by atoms with van der Waals surface area (Å²) in [5, 5.41) is 19.6. The Hall–Kier alpha value is -3.33. The molecule has 0 amide bonds. The van der Waals surface area contributed by atoms with E-state index in [1.165, 1.54) is 30.6 Å². The molecule has 0 radical (unpaired) electrons. The summed E-state index contributed by atoms with van der Waals surface area (Å²) in [6, 6.07) is 5.58. The number of nitrogen functional groups attached to an aromatic ring is 1. The minimum atomic E-state index is -3.75. The highest BCUT2D eigenvalue weighted by Gasteiger charge is 2.50. The Kier molecular flexibility index (Phi) is 6.88. The molecule has 1 saturated heterocycles. The first-order valence-electron chi connectivity index (χ1n) is 10.6. The van der Waals surface area contributed by atoms with Gasteiger partial charge in [-0.15, -0.1) is 0 Å². The lowest BCUT2D eigenvalue weighted by Crippen LogP contribution is -2.52.